The number of esters is 1. The summed E-state index contributed by atoms with van der Waals surface area (Å²) in [7, 11) is 4.68. The largest absolute Gasteiger partial charge is 0.493 e. The van der Waals surface area contributed by atoms with Crippen molar-refractivity contribution in [2.75, 3.05) is 27.9 Å². The van der Waals surface area contributed by atoms with Crippen LogP contribution in [0, 0.1) is 6.92 Å². The van der Waals surface area contributed by atoms with Crippen LogP contribution in [0.15, 0.2) is 23.2 Å². The fourth-order valence-electron chi connectivity index (χ4n) is 2.24. The lowest BCUT2D eigenvalue weighted by Gasteiger charge is -2.12. The molecule has 1 aromatic heterocycles. The molecule has 0 fully saturated rings. The molecule has 0 bridgehead atoms. The highest BCUT2D eigenvalue weighted by Gasteiger charge is 2.15. The van der Waals surface area contributed by atoms with Gasteiger partial charge in [0.2, 0.25) is 5.75 Å². The van der Waals surface area contributed by atoms with E-state index in [-0.39, 0.29) is 5.97 Å². The van der Waals surface area contributed by atoms with Gasteiger partial charge in [-0.05, 0) is 37.6 Å². The van der Waals surface area contributed by atoms with E-state index < -0.39 is 0 Å². The summed E-state index contributed by atoms with van der Waals surface area (Å²) in [6.45, 7) is 3.99. The molecule has 25 heavy (non-hydrogen) atoms. The van der Waals surface area contributed by atoms with Gasteiger partial charge in [0.1, 0.15) is 9.88 Å². The first-order valence-corrected chi connectivity index (χ1v) is 8.47. The van der Waals surface area contributed by atoms with E-state index in [1.54, 1.807) is 46.6 Å². The molecule has 134 valence electrons. The van der Waals surface area contributed by atoms with Gasteiger partial charge in [-0.2, -0.15) is 0 Å². The number of rotatable bonds is 7. The Bertz CT molecular complexity index is 757. The summed E-state index contributed by atoms with van der Waals surface area (Å²) < 4.78 is 21.0. The zero-order chi connectivity index (χ0) is 18.4. The van der Waals surface area contributed by atoms with Gasteiger partial charge in [0.15, 0.2) is 11.5 Å². The zero-order valence-corrected chi connectivity index (χ0v) is 15.7. The average Bonchev–Trinajstić information content (AvgIpc) is 2.99. The van der Waals surface area contributed by atoms with Gasteiger partial charge in [-0.3, -0.25) is 0 Å². The van der Waals surface area contributed by atoms with E-state index in [4.69, 9.17) is 18.9 Å². The molecule has 0 N–H and O–H groups in total. The van der Waals surface area contributed by atoms with Crippen LogP contribution in [0.5, 0.6) is 17.2 Å². The SMILES string of the molecule is CCOC(=O)c1sc(N=Cc2cc(OC)c(OC)c(OC)c2)cc1C. The summed E-state index contributed by atoms with van der Waals surface area (Å²) in [5.74, 6) is 1.31. The first-order valence-electron chi connectivity index (χ1n) is 7.65. The van der Waals surface area contributed by atoms with Crippen molar-refractivity contribution >= 4 is 28.5 Å². The van der Waals surface area contributed by atoms with Crippen LogP contribution in [0.1, 0.15) is 27.7 Å². The number of methoxy groups -OCH3 is 3. The summed E-state index contributed by atoms with van der Waals surface area (Å²) >= 11 is 1.29. The third-order valence-electron chi connectivity index (χ3n) is 3.39. The molecule has 1 aromatic carbocycles. The smallest absolute Gasteiger partial charge is 0.348 e. The van der Waals surface area contributed by atoms with Crippen molar-refractivity contribution in [1.82, 2.24) is 0 Å². The molecule has 0 amide bonds. The van der Waals surface area contributed by atoms with Gasteiger partial charge in [0.25, 0.3) is 0 Å². The maximum Gasteiger partial charge on any atom is 0.348 e. The van der Waals surface area contributed by atoms with E-state index in [9.17, 15) is 4.79 Å². The second kappa shape index (κ2) is 8.53. The van der Waals surface area contributed by atoms with Crippen molar-refractivity contribution in [3.63, 3.8) is 0 Å². The first-order chi connectivity index (χ1) is 12.0. The second-order valence-corrected chi connectivity index (χ2v) is 6.06. The van der Waals surface area contributed by atoms with Crippen LogP contribution in [0.4, 0.5) is 5.00 Å². The number of nitrogens with zero attached hydrogens (tertiary/aromatic N) is 1. The fourth-order valence-corrected chi connectivity index (χ4v) is 3.15. The number of aryl methyl sites for hydroxylation is 1. The maximum absolute atomic E-state index is 11.9. The van der Waals surface area contributed by atoms with Gasteiger partial charge in [0, 0.05) is 11.8 Å². The Kier molecular flexibility index (Phi) is 6.41. The first kappa shape index (κ1) is 18.8. The molecule has 7 heteroatoms. The van der Waals surface area contributed by atoms with Crippen molar-refractivity contribution in [3.05, 3.63) is 34.2 Å². The Balaban J connectivity index is 2.30. The lowest BCUT2D eigenvalue weighted by molar-refractivity contribution is 0.0531. The molecule has 0 aliphatic rings. The molecular formula is C18H21NO5S. The van der Waals surface area contributed by atoms with Crippen LogP contribution in [0.25, 0.3) is 0 Å². The molecule has 0 aliphatic carbocycles. The van der Waals surface area contributed by atoms with Gasteiger partial charge in [-0.25, -0.2) is 9.79 Å². The molecule has 2 rings (SSSR count). The van der Waals surface area contributed by atoms with Gasteiger partial charge in [-0.15, -0.1) is 11.3 Å². The van der Waals surface area contributed by atoms with Crippen LogP contribution in [-0.2, 0) is 4.74 Å². The quantitative estimate of drug-likeness (QED) is 0.549. The van der Waals surface area contributed by atoms with Gasteiger partial charge < -0.3 is 18.9 Å². The van der Waals surface area contributed by atoms with E-state index in [1.807, 2.05) is 13.0 Å². The highest BCUT2D eigenvalue weighted by atomic mass is 32.1. The molecule has 0 radical (unpaired) electrons. The molecule has 0 saturated heterocycles. The van der Waals surface area contributed by atoms with Gasteiger partial charge in [0.05, 0.1) is 27.9 Å². The normalized spacial score (nSPS) is 10.8. The summed E-state index contributed by atoms with van der Waals surface area (Å²) in [5.41, 5.74) is 1.64. The van der Waals surface area contributed by atoms with Crippen LogP contribution in [0.2, 0.25) is 0 Å². The highest BCUT2D eigenvalue weighted by molar-refractivity contribution is 7.17. The minimum absolute atomic E-state index is 0.320. The number of carbonyl (C=O) groups is 1. The van der Waals surface area contributed by atoms with E-state index >= 15 is 0 Å². The van der Waals surface area contributed by atoms with Crippen LogP contribution in [0.3, 0.4) is 0 Å². The maximum atomic E-state index is 11.9. The molecule has 2 aromatic rings. The van der Waals surface area contributed by atoms with E-state index in [1.165, 1.54) is 11.3 Å². The second-order valence-electron chi connectivity index (χ2n) is 5.03. The van der Waals surface area contributed by atoms with Crippen molar-refractivity contribution in [2.45, 2.75) is 13.8 Å². The molecule has 0 unspecified atom stereocenters. The summed E-state index contributed by atoms with van der Waals surface area (Å²) in [6, 6.07) is 5.46. The lowest BCUT2D eigenvalue weighted by atomic mass is 10.2. The molecule has 0 atom stereocenters. The number of benzene rings is 1. The van der Waals surface area contributed by atoms with E-state index in [0.29, 0.717) is 33.7 Å². The fraction of sp³-hybridized carbons (Fsp3) is 0.333. The number of ether oxygens (including phenoxy) is 4. The minimum atomic E-state index is -0.320. The average molecular weight is 363 g/mol. The summed E-state index contributed by atoms with van der Waals surface area (Å²) in [4.78, 5) is 16.9. The Morgan fingerprint density at radius 1 is 1.12 bits per heavy atom. The molecule has 0 spiro atoms. The van der Waals surface area contributed by atoms with Gasteiger partial charge in [-0.1, -0.05) is 0 Å². The van der Waals surface area contributed by atoms with Crippen molar-refractivity contribution in [3.8, 4) is 17.2 Å². The van der Waals surface area contributed by atoms with Crippen LogP contribution < -0.4 is 14.2 Å². The van der Waals surface area contributed by atoms with Crippen LogP contribution >= 0.6 is 11.3 Å². The van der Waals surface area contributed by atoms with Crippen molar-refractivity contribution in [2.24, 2.45) is 4.99 Å². The molecule has 0 aliphatic heterocycles. The predicted molar refractivity (Wildman–Crippen MR) is 98.4 cm³/mol. The predicted octanol–water partition coefficient (Wildman–Crippen LogP) is 4.01. The zero-order valence-electron chi connectivity index (χ0n) is 14.9. The van der Waals surface area contributed by atoms with Gasteiger partial charge >= 0.3 is 5.97 Å². The van der Waals surface area contributed by atoms with Crippen LogP contribution in [-0.4, -0.2) is 40.1 Å². The minimum Gasteiger partial charge on any atom is -0.493 e. The lowest BCUT2D eigenvalue weighted by Crippen LogP contribution is -2.03. The third-order valence-corrected chi connectivity index (χ3v) is 4.52. The molecule has 6 nitrogen and oxygen atoms in total. The molecule has 0 saturated carbocycles. The standard InChI is InChI=1S/C18H21NO5S/c1-6-24-18(20)17-11(2)7-15(25-17)19-10-12-8-13(21-3)16(23-5)14(9-12)22-4/h7-10H,6H2,1-5H3. The monoisotopic (exact) mass is 363 g/mol. The Hall–Kier alpha value is -2.54. The van der Waals surface area contributed by atoms with E-state index in [2.05, 4.69) is 4.99 Å². The molecular weight excluding hydrogens is 342 g/mol. The number of hydrogen-bond acceptors (Lipinski definition) is 7. The Morgan fingerprint density at radius 2 is 1.76 bits per heavy atom. The van der Waals surface area contributed by atoms with Crippen molar-refractivity contribution < 1.29 is 23.7 Å². The summed E-state index contributed by atoms with van der Waals surface area (Å²) in [5, 5.41) is 0.717. The number of carbonyl (C=O) groups excluding carboxylic acids is 1. The molecule has 1 heterocycles. The third kappa shape index (κ3) is 4.30. The number of hydrogen-bond donors (Lipinski definition) is 0. The number of thiophene rings is 1. The summed E-state index contributed by atoms with van der Waals surface area (Å²) in [6.07, 6.45) is 1.69. The number of aliphatic imine (C=N–C) groups is 1. The topological polar surface area (TPSA) is 66.4 Å². The highest BCUT2D eigenvalue weighted by Crippen LogP contribution is 2.38. The Labute approximate surface area is 151 Å². The van der Waals surface area contributed by atoms with E-state index in [0.717, 1.165) is 11.1 Å². The van der Waals surface area contributed by atoms with Crippen molar-refractivity contribution in [1.29, 1.82) is 0 Å². The Morgan fingerprint density at radius 3 is 2.28 bits per heavy atom.